The van der Waals surface area contributed by atoms with E-state index in [1.807, 2.05) is 6.07 Å². The number of hydrogen-bond donors (Lipinski definition) is 1. The Morgan fingerprint density at radius 2 is 1.38 bits per heavy atom. The molecule has 34 heavy (non-hydrogen) atoms. The second kappa shape index (κ2) is 9.08. The van der Waals surface area contributed by atoms with Crippen LogP contribution in [0.2, 0.25) is 0 Å². The number of carbonyl (C=O) groups is 3. The van der Waals surface area contributed by atoms with Crippen molar-refractivity contribution in [3.63, 3.8) is 0 Å². The molecule has 3 aromatic carbocycles. The van der Waals surface area contributed by atoms with E-state index in [-0.39, 0.29) is 16.0 Å². The summed E-state index contributed by atoms with van der Waals surface area (Å²) in [5.41, 5.74) is 0.298. The quantitative estimate of drug-likeness (QED) is 0.492. The van der Waals surface area contributed by atoms with Crippen LogP contribution < -0.4 is 4.74 Å². The maximum absolute atomic E-state index is 13.1. The minimum absolute atomic E-state index is 0.149. The zero-order valence-electron chi connectivity index (χ0n) is 18.0. The number of sulfonamides is 1. The molecule has 1 atom stereocenters. The number of rotatable bonds is 8. The van der Waals surface area contributed by atoms with Gasteiger partial charge in [0, 0.05) is 7.05 Å². The van der Waals surface area contributed by atoms with E-state index in [1.165, 1.54) is 36.4 Å². The van der Waals surface area contributed by atoms with Gasteiger partial charge in [0.1, 0.15) is 17.5 Å². The lowest BCUT2D eigenvalue weighted by Crippen LogP contribution is -2.50. The summed E-state index contributed by atoms with van der Waals surface area (Å²) in [5, 5.41) is 9.74. The first-order valence-corrected chi connectivity index (χ1v) is 11.6. The molecular formula is C24H20N2O7S. The molecule has 0 unspecified atom stereocenters. The van der Waals surface area contributed by atoms with Crippen molar-refractivity contribution < 1.29 is 32.6 Å². The summed E-state index contributed by atoms with van der Waals surface area (Å²) >= 11 is 0. The summed E-state index contributed by atoms with van der Waals surface area (Å²) in [5.74, 6) is -1.86. The second-order valence-electron chi connectivity index (χ2n) is 7.53. The average Bonchev–Trinajstić information content (AvgIpc) is 3.07. The molecule has 1 aliphatic rings. The largest absolute Gasteiger partial charge is 0.480 e. The summed E-state index contributed by atoms with van der Waals surface area (Å²) in [4.78, 5) is 37.8. The van der Waals surface area contributed by atoms with Crippen LogP contribution in [0.1, 0.15) is 20.7 Å². The smallest absolute Gasteiger partial charge is 0.323 e. The summed E-state index contributed by atoms with van der Waals surface area (Å²) in [6, 6.07) is 18.8. The molecule has 3 aromatic rings. The molecule has 1 heterocycles. The highest BCUT2D eigenvalue weighted by Crippen LogP contribution is 2.26. The van der Waals surface area contributed by atoms with Crippen LogP contribution in [0.25, 0.3) is 0 Å². The summed E-state index contributed by atoms with van der Waals surface area (Å²) in [7, 11) is -3.17. The minimum Gasteiger partial charge on any atom is -0.480 e. The highest BCUT2D eigenvalue weighted by atomic mass is 32.2. The van der Waals surface area contributed by atoms with E-state index in [0.717, 1.165) is 11.9 Å². The predicted octanol–water partition coefficient (Wildman–Crippen LogP) is 2.85. The fourth-order valence-corrected chi connectivity index (χ4v) is 4.87. The van der Waals surface area contributed by atoms with E-state index in [9.17, 15) is 27.9 Å². The third-order valence-electron chi connectivity index (χ3n) is 5.44. The lowest BCUT2D eigenvalue weighted by molar-refractivity contribution is -0.141. The maximum atomic E-state index is 13.1. The Labute approximate surface area is 195 Å². The normalized spacial score (nSPS) is 14.2. The van der Waals surface area contributed by atoms with Crippen molar-refractivity contribution in [2.45, 2.75) is 10.9 Å². The first kappa shape index (κ1) is 23.1. The molecule has 0 fully saturated rings. The number of benzene rings is 3. The van der Waals surface area contributed by atoms with Crippen molar-refractivity contribution >= 4 is 27.8 Å². The van der Waals surface area contributed by atoms with Crippen molar-refractivity contribution in [1.82, 2.24) is 9.21 Å². The van der Waals surface area contributed by atoms with E-state index in [0.29, 0.717) is 15.8 Å². The first-order chi connectivity index (χ1) is 16.2. The zero-order valence-corrected chi connectivity index (χ0v) is 18.8. The number of hydrogen-bond acceptors (Lipinski definition) is 6. The topological polar surface area (TPSA) is 121 Å². The Balaban J connectivity index is 1.54. The van der Waals surface area contributed by atoms with Crippen LogP contribution in [0, 0.1) is 0 Å². The molecule has 4 rings (SSSR count). The number of carbonyl (C=O) groups excluding carboxylic acids is 2. The molecule has 0 saturated carbocycles. The van der Waals surface area contributed by atoms with Crippen LogP contribution in [0.3, 0.4) is 0 Å². The lowest BCUT2D eigenvalue weighted by atomic mass is 10.1. The summed E-state index contributed by atoms with van der Waals surface area (Å²) in [6.07, 6.45) is 0. The fraction of sp³-hybridized carbons (Fsp3) is 0.125. The zero-order chi connectivity index (χ0) is 24.5. The van der Waals surface area contributed by atoms with Gasteiger partial charge in [0.25, 0.3) is 11.8 Å². The second-order valence-corrected chi connectivity index (χ2v) is 9.53. The van der Waals surface area contributed by atoms with Gasteiger partial charge >= 0.3 is 5.97 Å². The Morgan fingerprint density at radius 1 is 0.882 bits per heavy atom. The number of nitrogens with zero attached hydrogens (tertiary/aromatic N) is 2. The number of amides is 2. The minimum atomic E-state index is -4.27. The molecule has 1 N–H and O–H groups in total. The van der Waals surface area contributed by atoms with Crippen LogP contribution >= 0.6 is 0 Å². The molecular weight excluding hydrogens is 460 g/mol. The number of imide groups is 1. The van der Waals surface area contributed by atoms with Gasteiger partial charge in [0.15, 0.2) is 0 Å². The monoisotopic (exact) mass is 480 g/mol. The molecule has 0 saturated heterocycles. The lowest BCUT2D eigenvalue weighted by Gasteiger charge is -2.27. The van der Waals surface area contributed by atoms with Gasteiger partial charge in [0.05, 0.1) is 22.6 Å². The fourth-order valence-electron chi connectivity index (χ4n) is 3.56. The number of para-hydroxylation sites is 1. The number of likely N-dealkylation sites (N-methyl/N-ethyl adjacent to an activating group) is 1. The summed E-state index contributed by atoms with van der Waals surface area (Å²) < 4.78 is 32.6. The van der Waals surface area contributed by atoms with Crippen LogP contribution in [0.4, 0.5) is 0 Å². The Kier molecular flexibility index (Phi) is 6.18. The predicted molar refractivity (Wildman–Crippen MR) is 121 cm³/mol. The first-order valence-electron chi connectivity index (χ1n) is 10.2. The Bertz CT molecular complexity index is 1320. The molecule has 1 aliphatic heterocycles. The van der Waals surface area contributed by atoms with E-state index in [1.54, 1.807) is 36.4 Å². The van der Waals surface area contributed by atoms with E-state index >= 15 is 0 Å². The van der Waals surface area contributed by atoms with Gasteiger partial charge in [-0.3, -0.25) is 19.3 Å². The Morgan fingerprint density at radius 3 is 1.91 bits per heavy atom. The summed E-state index contributed by atoms with van der Waals surface area (Å²) in [6.45, 7) is -0.632. The molecule has 0 aliphatic carbocycles. The van der Waals surface area contributed by atoms with Crippen LogP contribution in [-0.4, -0.2) is 60.1 Å². The number of fused-ring (bicyclic) bond motifs is 1. The average molecular weight is 480 g/mol. The third-order valence-corrected chi connectivity index (χ3v) is 7.32. The van der Waals surface area contributed by atoms with Crippen molar-refractivity contribution in [3.05, 3.63) is 90.0 Å². The molecule has 9 nitrogen and oxygen atoms in total. The molecule has 0 radical (unpaired) electrons. The van der Waals surface area contributed by atoms with Crippen molar-refractivity contribution in [3.8, 4) is 11.5 Å². The van der Waals surface area contributed by atoms with Gasteiger partial charge < -0.3 is 9.84 Å². The van der Waals surface area contributed by atoms with Crippen molar-refractivity contribution in [2.24, 2.45) is 0 Å². The van der Waals surface area contributed by atoms with Crippen LogP contribution in [0.5, 0.6) is 11.5 Å². The van der Waals surface area contributed by atoms with Crippen molar-refractivity contribution in [2.75, 3.05) is 13.6 Å². The molecule has 2 amide bonds. The molecule has 174 valence electrons. The van der Waals surface area contributed by atoms with E-state index < -0.39 is 40.4 Å². The van der Waals surface area contributed by atoms with Gasteiger partial charge in [-0.2, -0.15) is 4.31 Å². The van der Waals surface area contributed by atoms with Gasteiger partial charge in [-0.1, -0.05) is 30.3 Å². The number of ether oxygens (including phenoxy) is 1. The highest BCUT2D eigenvalue weighted by Gasteiger charge is 2.41. The van der Waals surface area contributed by atoms with Crippen molar-refractivity contribution in [1.29, 1.82) is 0 Å². The highest BCUT2D eigenvalue weighted by molar-refractivity contribution is 7.89. The molecule has 0 spiro atoms. The van der Waals surface area contributed by atoms with Crippen LogP contribution in [-0.2, 0) is 14.8 Å². The number of carboxylic acid groups (broad SMARTS) is 1. The number of aliphatic carboxylic acids is 1. The molecule has 0 bridgehead atoms. The van der Waals surface area contributed by atoms with Gasteiger partial charge in [-0.05, 0) is 48.5 Å². The van der Waals surface area contributed by atoms with Crippen LogP contribution in [0.15, 0.2) is 83.8 Å². The van der Waals surface area contributed by atoms with Gasteiger partial charge in [-0.15, -0.1) is 0 Å². The molecule has 10 heteroatoms. The van der Waals surface area contributed by atoms with E-state index in [4.69, 9.17) is 4.74 Å². The van der Waals surface area contributed by atoms with Gasteiger partial charge in [-0.25, -0.2) is 8.42 Å². The Hall–Kier alpha value is -4.02. The molecule has 0 aromatic heterocycles. The maximum Gasteiger partial charge on any atom is 0.323 e. The van der Waals surface area contributed by atoms with E-state index in [2.05, 4.69) is 0 Å². The standard InChI is InChI=1S/C24H20N2O7S/c1-25(21(24(29)30)15-26-22(27)19-9-5-6-10-20(19)23(26)28)34(31,32)18-13-11-17(12-14-18)33-16-7-3-2-4-8-16/h2-14,21H,15H2,1H3,(H,29,30)/t21-/m0/s1. The third kappa shape index (κ3) is 4.28. The SMILES string of the molecule is CN([C@@H](CN1C(=O)c2ccccc2C1=O)C(=O)O)S(=O)(=O)c1ccc(Oc2ccccc2)cc1. The van der Waals surface area contributed by atoms with Gasteiger partial charge in [0.2, 0.25) is 10.0 Å². The number of carboxylic acids is 1.